The van der Waals surface area contributed by atoms with Crippen molar-refractivity contribution >= 4 is 11.9 Å². The van der Waals surface area contributed by atoms with Crippen LogP contribution in [0.4, 0.5) is 0 Å². The SMILES string of the molecule is O=C(O)[C@H]1CCCCN1C(=O)C1CCN(Cc2ccccc2)C1. The van der Waals surface area contributed by atoms with E-state index in [-0.39, 0.29) is 11.8 Å². The first-order chi connectivity index (χ1) is 11.1. The number of carbonyl (C=O) groups excluding carboxylic acids is 1. The Bertz CT molecular complexity index is 561. The van der Waals surface area contributed by atoms with E-state index in [1.165, 1.54) is 5.56 Å². The molecule has 0 bridgehead atoms. The number of carboxylic acid groups (broad SMARTS) is 1. The van der Waals surface area contributed by atoms with Crippen molar-refractivity contribution in [1.29, 1.82) is 0 Å². The Morgan fingerprint density at radius 3 is 2.61 bits per heavy atom. The van der Waals surface area contributed by atoms with Crippen LogP contribution < -0.4 is 0 Å². The van der Waals surface area contributed by atoms with E-state index in [0.717, 1.165) is 38.9 Å². The summed E-state index contributed by atoms with van der Waals surface area (Å²) < 4.78 is 0. The number of aliphatic carboxylic acids is 1. The van der Waals surface area contributed by atoms with Gasteiger partial charge in [0.05, 0.1) is 5.92 Å². The lowest BCUT2D eigenvalue weighted by molar-refractivity contribution is -0.153. The second-order valence-corrected chi connectivity index (χ2v) is 6.59. The first kappa shape index (κ1) is 16.0. The van der Waals surface area contributed by atoms with Gasteiger partial charge in [0.2, 0.25) is 5.91 Å². The van der Waals surface area contributed by atoms with Gasteiger partial charge in [0.15, 0.2) is 0 Å². The summed E-state index contributed by atoms with van der Waals surface area (Å²) in [7, 11) is 0. The van der Waals surface area contributed by atoms with Crippen LogP contribution in [0.2, 0.25) is 0 Å². The predicted molar refractivity (Wildman–Crippen MR) is 86.8 cm³/mol. The highest BCUT2D eigenvalue weighted by molar-refractivity contribution is 5.85. The highest BCUT2D eigenvalue weighted by atomic mass is 16.4. The van der Waals surface area contributed by atoms with E-state index in [1.54, 1.807) is 4.90 Å². The number of likely N-dealkylation sites (tertiary alicyclic amines) is 2. The molecule has 1 unspecified atom stereocenters. The topological polar surface area (TPSA) is 60.9 Å². The summed E-state index contributed by atoms with van der Waals surface area (Å²) in [6.07, 6.45) is 3.22. The zero-order valence-electron chi connectivity index (χ0n) is 13.4. The van der Waals surface area contributed by atoms with Crippen molar-refractivity contribution in [2.45, 2.75) is 38.3 Å². The van der Waals surface area contributed by atoms with Gasteiger partial charge in [-0.2, -0.15) is 0 Å². The van der Waals surface area contributed by atoms with E-state index >= 15 is 0 Å². The van der Waals surface area contributed by atoms with E-state index in [1.807, 2.05) is 18.2 Å². The Kier molecular flexibility index (Phi) is 4.96. The summed E-state index contributed by atoms with van der Waals surface area (Å²) in [6.45, 7) is 3.07. The Morgan fingerprint density at radius 1 is 1.09 bits per heavy atom. The third-order valence-corrected chi connectivity index (χ3v) is 4.94. The monoisotopic (exact) mass is 316 g/mol. The quantitative estimate of drug-likeness (QED) is 0.922. The smallest absolute Gasteiger partial charge is 0.326 e. The van der Waals surface area contributed by atoms with Crippen LogP contribution in [0.3, 0.4) is 0 Å². The molecule has 23 heavy (non-hydrogen) atoms. The zero-order valence-corrected chi connectivity index (χ0v) is 13.4. The van der Waals surface area contributed by atoms with Gasteiger partial charge in [-0.1, -0.05) is 30.3 Å². The molecule has 1 aromatic carbocycles. The molecular weight excluding hydrogens is 292 g/mol. The molecule has 2 heterocycles. The Hall–Kier alpha value is -1.88. The molecule has 0 saturated carbocycles. The molecule has 2 aliphatic heterocycles. The fourth-order valence-electron chi connectivity index (χ4n) is 3.71. The van der Waals surface area contributed by atoms with Crippen LogP contribution in [0.25, 0.3) is 0 Å². The molecule has 124 valence electrons. The molecule has 2 aliphatic rings. The fourth-order valence-corrected chi connectivity index (χ4v) is 3.71. The van der Waals surface area contributed by atoms with Gasteiger partial charge in [-0.25, -0.2) is 4.79 Å². The molecule has 5 nitrogen and oxygen atoms in total. The minimum atomic E-state index is -0.864. The minimum Gasteiger partial charge on any atom is -0.480 e. The first-order valence-electron chi connectivity index (χ1n) is 8.44. The van der Waals surface area contributed by atoms with Gasteiger partial charge >= 0.3 is 5.97 Å². The number of rotatable bonds is 4. The number of hydrogen-bond acceptors (Lipinski definition) is 3. The molecule has 0 aliphatic carbocycles. The zero-order chi connectivity index (χ0) is 16.2. The van der Waals surface area contributed by atoms with E-state index in [0.29, 0.717) is 13.0 Å². The normalized spacial score (nSPS) is 25.5. The third kappa shape index (κ3) is 3.72. The molecular formula is C18H24N2O3. The maximum Gasteiger partial charge on any atom is 0.326 e. The molecule has 0 aromatic heterocycles. The van der Waals surface area contributed by atoms with Crippen molar-refractivity contribution in [2.24, 2.45) is 5.92 Å². The van der Waals surface area contributed by atoms with Crippen molar-refractivity contribution < 1.29 is 14.7 Å². The summed E-state index contributed by atoms with van der Waals surface area (Å²) >= 11 is 0. The van der Waals surface area contributed by atoms with E-state index < -0.39 is 12.0 Å². The van der Waals surface area contributed by atoms with Gasteiger partial charge in [-0.05, 0) is 37.8 Å². The molecule has 1 aromatic rings. The van der Waals surface area contributed by atoms with Crippen molar-refractivity contribution in [3.8, 4) is 0 Å². The highest BCUT2D eigenvalue weighted by Gasteiger charge is 2.37. The number of hydrogen-bond donors (Lipinski definition) is 1. The first-order valence-corrected chi connectivity index (χ1v) is 8.44. The van der Waals surface area contributed by atoms with Gasteiger partial charge in [0, 0.05) is 19.6 Å². The number of nitrogens with zero attached hydrogens (tertiary/aromatic N) is 2. The highest BCUT2D eigenvalue weighted by Crippen LogP contribution is 2.25. The molecule has 3 rings (SSSR count). The number of carboxylic acids is 1. The fraction of sp³-hybridized carbons (Fsp3) is 0.556. The van der Waals surface area contributed by atoms with Crippen molar-refractivity contribution in [3.05, 3.63) is 35.9 Å². The molecule has 1 amide bonds. The maximum absolute atomic E-state index is 12.7. The van der Waals surface area contributed by atoms with Crippen LogP contribution in [0.1, 0.15) is 31.2 Å². The number of carbonyl (C=O) groups is 2. The lowest BCUT2D eigenvalue weighted by Crippen LogP contribution is -2.50. The van der Waals surface area contributed by atoms with Crippen LogP contribution in [0.5, 0.6) is 0 Å². The second kappa shape index (κ2) is 7.13. The second-order valence-electron chi connectivity index (χ2n) is 6.59. The molecule has 2 atom stereocenters. The third-order valence-electron chi connectivity index (χ3n) is 4.94. The van der Waals surface area contributed by atoms with Crippen LogP contribution in [-0.2, 0) is 16.1 Å². The molecule has 2 fully saturated rings. The molecule has 0 radical (unpaired) electrons. The number of benzene rings is 1. The summed E-state index contributed by atoms with van der Waals surface area (Å²) in [5.74, 6) is -0.886. The number of amides is 1. The average molecular weight is 316 g/mol. The Labute approximate surface area is 136 Å². The minimum absolute atomic E-state index is 0.0349. The lowest BCUT2D eigenvalue weighted by Gasteiger charge is -2.34. The molecule has 1 N–H and O–H groups in total. The van der Waals surface area contributed by atoms with Gasteiger partial charge in [0.1, 0.15) is 6.04 Å². The van der Waals surface area contributed by atoms with Crippen LogP contribution >= 0.6 is 0 Å². The molecule has 5 heteroatoms. The summed E-state index contributed by atoms with van der Waals surface area (Å²) in [5, 5.41) is 9.34. The molecule has 2 saturated heterocycles. The van der Waals surface area contributed by atoms with Gasteiger partial charge < -0.3 is 10.0 Å². The maximum atomic E-state index is 12.7. The average Bonchev–Trinajstić information content (AvgIpc) is 3.03. The largest absolute Gasteiger partial charge is 0.480 e. The standard InChI is InChI=1S/C18H24N2O3/c21-17(20-10-5-4-8-16(20)18(22)23)15-9-11-19(13-15)12-14-6-2-1-3-7-14/h1-3,6-7,15-16H,4-5,8-13H2,(H,22,23)/t15?,16-/m1/s1. The number of piperidine rings is 1. The van der Waals surface area contributed by atoms with Crippen molar-refractivity contribution in [3.63, 3.8) is 0 Å². The van der Waals surface area contributed by atoms with Crippen molar-refractivity contribution in [2.75, 3.05) is 19.6 Å². The summed E-state index contributed by atoms with van der Waals surface area (Å²) in [5.41, 5.74) is 1.25. The van der Waals surface area contributed by atoms with E-state index in [9.17, 15) is 14.7 Å². The predicted octanol–water partition coefficient (Wildman–Crippen LogP) is 1.97. The van der Waals surface area contributed by atoms with E-state index in [2.05, 4.69) is 17.0 Å². The Morgan fingerprint density at radius 2 is 1.87 bits per heavy atom. The van der Waals surface area contributed by atoms with Gasteiger partial charge in [-0.3, -0.25) is 9.69 Å². The van der Waals surface area contributed by atoms with Crippen LogP contribution in [-0.4, -0.2) is 52.5 Å². The summed E-state index contributed by atoms with van der Waals surface area (Å²) in [6, 6.07) is 9.63. The Balaban J connectivity index is 1.59. The molecule has 0 spiro atoms. The van der Waals surface area contributed by atoms with Crippen LogP contribution in [0.15, 0.2) is 30.3 Å². The summed E-state index contributed by atoms with van der Waals surface area (Å²) in [4.78, 5) is 28.0. The van der Waals surface area contributed by atoms with Crippen LogP contribution in [0, 0.1) is 5.92 Å². The van der Waals surface area contributed by atoms with E-state index in [4.69, 9.17) is 0 Å². The van der Waals surface area contributed by atoms with Gasteiger partial charge in [0.25, 0.3) is 0 Å². The van der Waals surface area contributed by atoms with Crippen molar-refractivity contribution in [1.82, 2.24) is 9.80 Å². The lowest BCUT2D eigenvalue weighted by atomic mass is 9.98. The van der Waals surface area contributed by atoms with Gasteiger partial charge in [-0.15, -0.1) is 0 Å².